The minimum Gasteiger partial charge on any atom is -0.449 e. The fourth-order valence-corrected chi connectivity index (χ4v) is 3.65. The van der Waals surface area contributed by atoms with E-state index in [0.29, 0.717) is 11.0 Å². The molecule has 3 aromatic rings. The first kappa shape index (κ1) is 17.7. The van der Waals surface area contributed by atoms with Gasteiger partial charge in [0, 0.05) is 5.39 Å². The van der Waals surface area contributed by atoms with Crippen LogP contribution in [0.25, 0.3) is 11.0 Å². The van der Waals surface area contributed by atoms with Gasteiger partial charge in [-0.3, -0.25) is 9.59 Å². The van der Waals surface area contributed by atoms with E-state index in [4.69, 9.17) is 10.2 Å². The van der Waals surface area contributed by atoms with Gasteiger partial charge < -0.3 is 15.5 Å². The monoisotopic (exact) mass is 372 g/mol. The molecule has 0 spiro atoms. The molecular formula is C18H16N2O5S. The Kier molecular flexibility index (Phi) is 4.52. The molecule has 0 fully saturated rings. The number of benzene rings is 2. The van der Waals surface area contributed by atoms with Gasteiger partial charge >= 0.3 is 0 Å². The van der Waals surface area contributed by atoms with E-state index in [1.807, 2.05) is 6.92 Å². The lowest BCUT2D eigenvalue weighted by Gasteiger charge is -2.07. The van der Waals surface area contributed by atoms with E-state index in [2.05, 4.69) is 5.32 Å². The van der Waals surface area contributed by atoms with Crippen LogP contribution in [0.4, 0.5) is 5.69 Å². The van der Waals surface area contributed by atoms with Gasteiger partial charge in [-0.1, -0.05) is 29.8 Å². The highest BCUT2D eigenvalue weighted by atomic mass is 32.2. The number of sulfone groups is 1. The molecule has 0 aliphatic rings. The maximum absolute atomic E-state index is 12.4. The van der Waals surface area contributed by atoms with Gasteiger partial charge in [0.25, 0.3) is 5.91 Å². The quantitative estimate of drug-likeness (QED) is 0.712. The zero-order valence-electron chi connectivity index (χ0n) is 13.9. The second-order valence-electron chi connectivity index (χ2n) is 5.79. The van der Waals surface area contributed by atoms with Crippen molar-refractivity contribution < 1.29 is 22.4 Å². The highest BCUT2D eigenvalue weighted by Gasteiger charge is 2.24. The summed E-state index contributed by atoms with van der Waals surface area (Å²) in [7, 11) is -3.82. The Morgan fingerprint density at radius 2 is 1.73 bits per heavy atom. The molecule has 0 radical (unpaired) electrons. The molecule has 0 bridgehead atoms. The molecule has 2 amide bonds. The van der Waals surface area contributed by atoms with Crippen LogP contribution in [0.15, 0.2) is 57.8 Å². The number of aryl methyl sites for hydroxylation is 1. The number of fused-ring (bicyclic) bond motifs is 1. The third-order valence-corrected chi connectivity index (χ3v) is 5.42. The van der Waals surface area contributed by atoms with E-state index in [1.54, 1.807) is 36.4 Å². The third-order valence-electron chi connectivity index (χ3n) is 3.78. The van der Waals surface area contributed by atoms with Gasteiger partial charge in [0.05, 0.1) is 4.90 Å². The van der Waals surface area contributed by atoms with Crippen LogP contribution in [-0.4, -0.2) is 26.0 Å². The molecule has 3 N–H and O–H groups in total. The van der Waals surface area contributed by atoms with Crippen molar-refractivity contribution in [3.8, 4) is 0 Å². The second-order valence-corrected chi connectivity index (χ2v) is 7.78. The Balaban J connectivity index is 1.89. The molecule has 0 saturated carbocycles. The molecule has 0 atom stereocenters. The molecule has 8 heteroatoms. The smallest absolute Gasteiger partial charge is 0.286 e. The van der Waals surface area contributed by atoms with Gasteiger partial charge in [-0.05, 0) is 31.2 Å². The van der Waals surface area contributed by atoms with Gasteiger partial charge in [0.1, 0.15) is 17.0 Å². The number of carbonyl (C=O) groups is 2. The van der Waals surface area contributed by atoms with Crippen molar-refractivity contribution in [2.45, 2.75) is 11.8 Å². The Hall–Kier alpha value is -3.13. The third kappa shape index (κ3) is 3.45. The van der Waals surface area contributed by atoms with Crippen molar-refractivity contribution in [1.29, 1.82) is 0 Å². The summed E-state index contributed by atoms with van der Waals surface area (Å²) in [5.74, 6) is -2.65. The van der Waals surface area contributed by atoms with E-state index in [0.717, 1.165) is 5.56 Å². The molecule has 26 heavy (non-hydrogen) atoms. The molecule has 3 rings (SSSR count). The summed E-state index contributed by atoms with van der Waals surface area (Å²) in [5, 5.41) is 2.90. The topological polar surface area (TPSA) is 119 Å². The lowest BCUT2D eigenvalue weighted by Crippen LogP contribution is -2.24. The molecule has 1 aromatic heterocycles. The summed E-state index contributed by atoms with van der Waals surface area (Å²) in [4.78, 5) is 23.9. The first-order valence-corrected chi connectivity index (χ1v) is 9.34. The Morgan fingerprint density at radius 3 is 2.38 bits per heavy atom. The van der Waals surface area contributed by atoms with Crippen LogP contribution in [0.1, 0.15) is 16.1 Å². The summed E-state index contributed by atoms with van der Waals surface area (Å²) in [6.45, 7) is 1.83. The first-order chi connectivity index (χ1) is 12.3. The summed E-state index contributed by atoms with van der Waals surface area (Å²) in [6, 6.07) is 12.8. The normalized spacial score (nSPS) is 11.4. The largest absolute Gasteiger partial charge is 0.449 e. The number of carbonyl (C=O) groups excluding carboxylic acids is 2. The lowest BCUT2D eigenvalue weighted by atomic mass is 10.2. The fraction of sp³-hybridized carbons (Fsp3) is 0.111. The maximum atomic E-state index is 12.4. The van der Waals surface area contributed by atoms with Crippen molar-refractivity contribution in [3.63, 3.8) is 0 Å². The minimum absolute atomic E-state index is 0.0467. The zero-order valence-corrected chi connectivity index (χ0v) is 14.7. The molecule has 0 aliphatic carbocycles. The van der Waals surface area contributed by atoms with Gasteiger partial charge in [-0.15, -0.1) is 0 Å². The molecule has 0 aliphatic heterocycles. The van der Waals surface area contributed by atoms with Crippen molar-refractivity contribution >= 4 is 38.3 Å². The van der Waals surface area contributed by atoms with E-state index in [1.165, 1.54) is 12.1 Å². The van der Waals surface area contributed by atoms with E-state index < -0.39 is 27.4 Å². The summed E-state index contributed by atoms with van der Waals surface area (Å²) in [5.41, 5.74) is 6.62. The predicted molar refractivity (Wildman–Crippen MR) is 96.6 cm³/mol. The van der Waals surface area contributed by atoms with E-state index in [-0.39, 0.29) is 16.3 Å². The number of amides is 2. The summed E-state index contributed by atoms with van der Waals surface area (Å²) < 4.78 is 30.1. The molecule has 1 heterocycles. The summed E-state index contributed by atoms with van der Waals surface area (Å²) in [6.07, 6.45) is 0. The van der Waals surface area contributed by atoms with Crippen LogP contribution >= 0.6 is 0 Å². The Morgan fingerprint density at radius 1 is 1.08 bits per heavy atom. The standard InChI is InChI=1S/C18H16N2O5S/c1-11-6-8-12(9-7-11)26(23,24)10-15(21)20-16-13-4-2-3-5-14(13)25-17(16)18(19)22/h2-9H,10H2,1H3,(H2,19,22)(H,20,21). The van der Waals surface area contributed by atoms with Crippen LogP contribution in [0.5, 0.6) is 0 Å². The Labute approximate surface area is 149 Å². The lowest BCUT2D eigenvalue weighted by molar-refractivity contribution is -0.113. The number of hydrogen-bond donors (Lipinski definition) is 2. The Bertz CT molecular complexity index is 1100. The predicted octanol–water partition coefficient (Wildman–Crippen LogP) is 2.25. The zero-order chi connectivity index (χ0) is 18.9. The van der Waals surface area contributed by atoms with Crippen molar-refractivity contribution in [2.24, 2.45) is 5.73 Å². The number of nitrogens with two attached hydrogens (primary N) is 1. The number of nitrogens with one attached hydrogen (secondary N) is 1. The number of furan rings is 1. The highest BCUT2D eigenvalue weighted by molar-refractivity contribution is 7.92. The van der Waals surface area contributed by atoms with Gasteiger partial charge in [-0.25, -0.2) is 8.42 Å². The van der Waals surface area contributed by atoms with Crippen LogP contribution in [0.2, 0.25) is 0 Å². The molecule has 7 nitrogen and oxygen atoms in total. The first-order valence-electron chi connectivity index (χ1n) is 7.68. The number of para-hydroxylation sites is 1. The van der Waals surface area contributed by atoms with Crippen LogP contribution in [-0.2, 0) is 14.6 Å². The van der Waals surface area contributed by atoms with E-state index in [9.17, 15) is 18.0 Å². The van der Waals surface area contributed by atoms with Crippen molar-refractivity contribution in [2.75, 3.05) is 11.1 Å². The summed E-state index contributed by atoms with van der Waals surface area (Å²) >= 11 is 0. The maximum Gasteiger partial charge on any atom is 0.286 e. The average molecular weight is 372 g/mol. The number of rotatable bonds is 5. The average Bonchev–Trinajstić information content (AvgIpc) is 2.94. The van der Waals surface area contributed by atoms with Gasteiger partial charge in [0.2, 0.25) is 11.7 Å². The van der Waals surface area contributed by atoms with E-state index >= 15 is 0 Å². The number of hydrogen-bond acceptors (Lipinski definition) is 5. The van der Waals surface area contributed by atoms with Crippen LogP contribution < -0.4 is 11.1 Å². The molecule has 134 valence electrons. The molecule has 0 unspecified atom stereocenters. The van der Waals surface area contributed by atoms with Crippen molar-refractivity contribution in [3.05, 3.63) is 59.9 Å². The molecular weight excluding hydrogens is 356 g/mol. The minimum atomic E-state index is -3.82. The number of anilines is 1. The van der Waals surface area contributed by atoms with Gasteiger partial charge in [0.15, 0.2) is 9.84 Å². The van der Waals surface area contributed by atoms with Crippen molar-refractivity contribution in [1.82, 2.24) is 0 Å². The fourth-order valence-electron chi connectivity index (χ4n) is 2.52. The molecule has 0 saturated heterocycles. The van der Waals surface area contributed by atoms with Crippen LogP contribution in [0, 0.1) is 6.92 Å². The highest BCUT2D eigenvalue weighted by Crippen LogP contribution is 2.30. The number of primary amides is 1. The van der Waals surface area contributed by atoms with Crippen LogP contribution in [0.3, 0.4) is 0 Å². The molecule has 2 aromatic carbocycles. The second kappa shape index (κ2) is 6.64. The SMILES string of the molecule is Cc1ccc(S(=O)(=O)CC(=O)Nc2c(C(N)=O)oc3ccccc23)cc1. The van der Waals surface area contributed by atoms with Gasteiger partial charge in [-0.2, -0.15) is 0 Å².